The molecule has 4 rings (SSSR count). The first-order chi connectivity index (χ1) is 9.42. The van der Waals surface area contributed by atoms with Gasteiger partial charge >= 0.3 is 0 Å². The van der Waals surface area contributed by atoms with Gasteiger partial charge in [0.1, 0.15) is 0 Å². The summed E-state index contributed by atoms with van der Waals surface area (Å²) < 4.78 is 2.45. The quantitative estimate of drug-likeness (QED) is 0.885. The number of anilines is 1. The second-order valence-corrected chi connectivity index (χ2v) is 6.44. The molecule has 0 unspecified atom stereocenters. The van der Waals surface area contributed by atoms with Crippen LogP contribution in [-0.2, 0) is 0 Å². The summed E-state index contributed by atoms with van der Waals surface area (Å²) in [5.41, 5.74) is 0. The van der Waals surface area contributed by atoms with E-state index in [1.165, 1.54) is 57.6 Å². The number of aromatic nitrogens is 2. The molecule has 0 aromatic carbocycles. The lowest BCUT2D eigenvalue weighted by atomic mass is 9.94. The Morgan fingerprint density at radius 2 is 2.00 bits per heavy atom. The summed E-state index contributed by atoms with van der Waals surface area (Å²) in [5, 5.41) is 3.68. The van der Waals surface area contributed by atoms with E-state index in [1.807, 2.05) is 6.20 Å². The molecule has 3 aliphatic rings. The average molecular weight is 260 g/mol. The first-order valence-electron chi connectivity index (χ1n) is 7.93. The highest BCUT2D eigenvalue weighted by atomic mass is 15.3. The van der Waals surface area contributed by atoms with Crippen LogP contribution in [0.1, 0.15) is 44.6 Å². The summed E-state index contributed by atoms with van der Waals surface area (Å²) in [6.07, 6.45) is 12.4. The van der Waals surface area contributed by atoms with Crippen LogP contribution in [0.5, 0.6) is 0 Å². The molecule has 0 radical (unpaired) electrons. The Hall–Kier alpha value is -1.03. The number of nitrogens with zero attached hydrogens (tertiary/aromatic N) is 3. The van der Waals surface area contributed by atoms with Crippen molar-refractivity contribution in [3.63, 3.8) is 0 Å². The highest BCUT2D eigenvalue weighted by molar-refractivity contribution is 5.35. The lowest BCUT2D eigenvalue weighted by molar-refractivity contribution is 0.340. The zero-order valence-corrected chi connectivity index (χ0v) is 11.6. The maximum Gasteiger partial charge on any atom is 0.205 e. The third-order valence-electron chi connectivity index (χ3n) is 5.25. The smallest absolute Gasteiger partial charge is 0.205 e. The van der Waals surface area contributed by atoms with Crippen LogP contribution in [0.15, 0.2) is 12.4 Å². The Morgan fingerprint density at radius 1 is 1.11 bits per heavy atom. The van der Waals surface area contributed by atoms with Gasteiger partial charge in [-0.25, -0.2) is 4.98 Å². The van der Waals surface area contributed by atoms with Gasteiger partial charge in [0.2, 0.25) is 5.95 Å². The van der Waals surface area contributed by atoms with Gasteiger partial charge in [0.05, 0.1) is 0 Å². The lowest BCUT2D eigenvalue weighted by Crippen LogP contribution is -2.40. The molecule has 2 atom stereocenters. The van der Waals surface area contributed by atoms with E-state index in [9.17, 15) is 0 Å². The molecule has 1 aromatic rings. The second kappa shape index (κ2) is 4.82. The minimum Gasteiger partial charge on any atom is -0.340 e. The Labute approximate surface area is 115 Å². The maximum absolute atomic E-state index is 4.66. The van der Waals surface area contributed by atoms with E-state index in [0.717, 1.165) is 12.5 Å². The van der Waals surface area contributed by atoms with Crippen LogP contribution >= 0.6 is 0 Å². The van der Waals surface area contributed by atoms with E-state index in [2.05, 4.69) is 26.0 Å². The van der Waals surface area contributed by atoms with Crippen molar-refractivity contribution in [1.82, 2.24) is 14.9 Å². The van der Waals surface area contributed by atoms with Crippen molar-refractivity contribution in [3.05, 3.63) is 12.4 Å². The van der Waals surface area contributed by atoms with E-state index in [1.54, 1.807) is 0 Å². The van der Waals surface area contributed by atoms with Crippen molar-refractivity contribution in [2.75, 3.05) is 24.5 Å². The highest BCUT2D eigenvalue weighted by Crippen LogP contribution is 2.34. The maximum atomic E-state index is 4.66. The van der Waals surface area contributed by atoms with Crippen LogP contribution < -0.4 is 10.2 Å². The van der Waals surface area contributed by atoms with Gasteiger partial charge in [-0.05, 0) is 38.1 Å². The normalized spacial score (nSPS) is 31.9. The van der Waals surface area contributed by atoms with Crippen LogP contribution in [0.2, 0.25) is 0 Å². The Bertz CT molecular complexity index is 421. The SMILES string of the molecule is c1cn(C2CCCC2)c(N2C[C@@H]3CCCN[C@@H]3C2)n1. The molecule has 4 nitrogen and oxygen atoms in total. The second-order valence-electron chi connectivity index (χ2n) is 6.44. The van der Waals surface area contributed by atoms with Crippen LogP contribution in [0.3, 0.4) is 0 Å². The van der Waals surface area contributed by atoms with Crippen LogP contribution in [0, 0.1) is 5.92 Å². The molecule has 104 valence electrons. The molecule has 1 aromatic heterocycles. The monoisotopic (exact) mass is 260 g/mol. The first-order valence-corrected chi connectivity index (χ1v) is 7.93. The molecule has 4 heteroatoms. The third kappa shape index (κ3) is 2.06. The Morgan fingerprint density at radius 3 is 2.84 bits per heavy atom. The molecule has 0 spiro atoms. The molecule has 0 bridgehead atoms. The van der Waals surface area contributed by atoms with E-state index in [-0.39, 0.29) is 0 Å². The molecule has 1 aliphatic carbocycles. The topological polar surface area (TPSA) is 33.1 Å². The zero-order chi connectivity index (χ0) is 12.7. The number of hydrogen-bond donors (Lipinski definition) is 1. The van der Waals surface area contributed by atoms with Crippen molar-refractivity contribution < 1.29 is 0 Å². The van der Waals surface area contributed by atoms with Gasteiger partial charge < -0.3 is 14.8 Å². The third-order valence-corrected chi connectivity index (χ3v) is 5.25. The van der Waals surface area contributed by atoms with Gasteiger partial charge in [0.15, 0.2) is 0 Å². The van der Waals surface area contributed by atoms with Gasteiger partial charge in [0, 0.05) is 37.6 Å². The molecule has 1 saturated carbocycles. The largest absolute Gasteiger partial charge is 0.340 e. The van der Waals surface area contributed by atoms with E-state index in [4.69, 9.17) is 0 Å². The highest BCUT2D eigenvalue weighted by Gasteiger charge is 2.36. The first kappa shape index (κ1) is 11.8. The summed E-state index contributed by atoms with van der Waals surface area (Å²) in [4.78, 5) is 7.18. The summed E-state index contributed by atoms with van der Waals surface area (Å²) >= 11 is 0. The summed E-state index contributed by atoms with van der Waals surface area (Å²) in [7, 11) is 0. The number of piperidine rings is 1. The number of hydrogen-bond acceptors (Lipinski definition) is 3. The zero-order valence-electron chi connectivity index (χ0n) is 11.6. The van der Waals surface area contributed by atoms with Gasteiger partial charge in [-0.3, -0.25) is 0 Å². The fourth-order valence-corrected chi connectivity index (χ4v) is 4.23. The molecule has 19 heavy (non-hydrogen) atoms. The van der Waals surface area contributed by atoms with Crippen LogP contribution in [-0.4, -0.2) is 35.2 Å². The minimum atomic E-state index is 0.697. The lowest BCUT2D eigenvalue weighted by Gasteiger charge is -2.24. The van der Waals surface area contributed by atoms with Crippen LogP contribution in [0.4, 0.5) is 5.95 Å². The van der Waals surface area contributed by atoms with Gasteiger partial charge in [-0.1, -0.05) is 12.8 Å². The summed E-state index contributed by atoms with van der Waals surface area (Å²) in [5.74, 6) is 2.06. The van der Waals surface area contributed by atoms with E-state index >= 15 is 0 Å². The van der Waals surface area contributed by atoms with Gasteiger partial charge in [-0.2, -0.15) is 0 Å². The number of imidazole rings is 1. The van der Waals surface area contributed by atoms with Crippen molar-refractivity contribution >= 4 is 5.95 Å². The number of fused-ring (bicyclic) bond motifs is 1. The van der Waals surface area contributed by atoms with Crippen molar-refractivity contribution in [2.24, 2.45) is 5.92 Å². The molecule has 3 heterocycles. The molecule has 2 aliphatic heterocycles. The standard InChI is InChI=1S/C15H24N4/c1-2-6-13(5-1)19-9-8-17-15(19)18-10-12-4-3-7-16-14(12)11-18/h8-9,12-14,16H,1-7,10-11H2/t12-,14+/m0/s1. The van der Waals surface area contributed by atoms with E-state index in [0.29, 0.717) is 12.1 Å². The van der Waals surface area contributed by atoms with Crippen LogP contribution in [0.25, 0.3) is 0 Å². The predicted octanol–water partition coefficient (Wildman–Crippen LogP) is 2.19. The Kier molecular flexibility index (Phi) is 2.98. The molecule has 3 fully saturated rings. The van der Waals surface area contributed by atoms with E-state index < -0.39 is 0 Å². The molecular formula is C15H24N4. The van der Waals surface area contributed by atoms with Gasteiger partial charge in [0.25, 0.3) is 0 Å². The fourth-order valence-electron chi connectivity index (χ4n) is 4.23. The molecular weight excluding hydrogens is 236 g/mol. The fraction of sp³-hybridized carbons (Fsp3) is 0.800. The van der Waals surface area contributed by atoms with Crippen molar-refractivity contribution in [3.8, 4) is 0 Å². The molecule has 2 saturated heterocycles. The molecule has 0 amide bonds. The van der Waals surface area contributed by atoms with Crippen molar-refractivity contribution in [2.45, 2.75) is 50.6 Å². The average Bonchev–Trinajstić information content (AvgIpc) is 3.17. The summed E-state index contributed by atoms with van der Waals surface area (Å²) in [6.45, 7) is 3.54. The van der Waals surface area contributed by atoms with Gasteiger partial charge in [-0.15, -0.1) is 0 Å². The predicted molar refractivity (Wildman–Crippen MR) is 76.5 cm³/mol. The number of rotatable bonds is 2. The molecule has 1 N–H and O–H groups in total. The van der Waals surface area contributed by atoms with Crippen molar-refractivity contribution in [1.29, 1.82) is 0 Å². The minimum absolute atomic E-state index is 0.697. The number of nitrogens with one attached hydrogen (secondary N) is 1. The Balaban J connectivity index is 1.54. The summed E-state index contributed by atoms with van der Waals surface area (Å²) in [6, 6.07) is 1.40.